The van der Waals surface area contributed by atoms with Gasteiger partial charge in [-0.1, -0.05) is 0 Å². The number of carbonyl (C=O) groups excluding carboxylic acids is 3. The molecule has 0 saturated carbocycles. The van der Waals surface area contributed by atoms with Crippen LogP contribution in [0.25, 0.3) is 0 Å². The first-order chi connectivity index (χ1) is 10.6. The molecule has 0 unspecified atom stereocenters. The molecular formula is C16H20N2O4. The van der Waals surface area contributed by atoms with E-state index in [4.69, 9.17) is 4.74 Å². The summed E-state index contributed by atoms with van der Waals surface area (Å²) in [7, 11) is 1.61. The molecule has 0 radical (unpaired) electrons. The van der Waals surface area contributed by atoms with Crippen molar-refractivity contribution in [2.75, 3.05) is 25.6 Å². The van der Waals surface area contributed by atoms with Gasteiger partial charge < -0.3 is 15.4 Å². The quantitative estimate of drug-likeness (QED) is 0.560. The zero-order chi connectivity index (χ0) is 15.9. The maximum absolute atomic E-state index is 12.1. The minimum absolute atomic E-state index is 0.0602. The second-order valence-electron chi connectivity index (χ2n) is 5.22. The number of amides is 2. The number of ether oxygens (including phenoxy) is 1. The number of hydrogen-bond donors (Lipinski definition) is 2. The highest BCUT2D eigenvalue weighted by Crippen LogP contribution is 2.24. The molecule has 1 aliphatic heterocycles. The molecule has 0 saturated heterocycles. The summed E-state index contributed by atoms with van der Waals surface area (Å²) >= 11 is 0. The number of Topliss-reactive ketones (excluding diaryl/α,β-unsaturated/α-hetero) is 1. The summed E-state index contributed by atoms with van der Waals surface area (Å²) < 4.78 is 4.89. The third-order valence-corrected chi connectivity index (χ3v) is 3.48. The van der Waals surface area contributed by atoms with Crippen molar-refractivity contribution in [3.63, 3.8) is 0 Å². The summed E-state index contributed by atoms with van der Waals surface area (Å²) in [5.74, 6) is -0.285. The Morgan fingerprint density at radius 3 is 2.91 bits per heavy atom. The summed E-state index contributed by atoms with van der Waals surface area (Å²) in [5, 5.41) is 5.47. The topological polar surface area (TPSA) is 84.5 Å². The van der Waals surface area contributed by atoms with Gasteiger partial charge in [0.05, 0.1) is 6.42 Å². The van der Waals surface area contributed by atoms with E-state index in [9.17, 15) is 14.4 Å². The number of carbonyl (C=O) groups is 3. The zero-order valence-electron chi connectivity index (χ0n) is 12.6. The van der Waals surface area contributed by atoms with E-state index in [0.29, 0.717) is 25.1 Å². The molecule has 0 fully saturated rings. The number of fused-ring (bicyclic) bond motifs is 1. The third kappa shape index (κ3) is 4.39. The number of hydrogen-bond acceptors (Lipinski definition) is 4. The smallest absolute Gasteiger partial charge is 0.228 e. The molecule has 1 aromatic rings. The number of anilines is 1. The maximum atomic E-state index is 12.1. The lowest BCUT2D eigenvalue weighted by Crippen LogP contribution is -2.25. The minimum atomic E-state index is -0.137. The molecule has 0 spiro atoms. The van der Waals surface area contributed by atoms with Gasteiger partial charge in [-0.05, 0) is 30.2 Å². The van der Waals surface area contributed by atoms with E-state index in [2.05, 4.69) is 10.6 Å². The summed E-state index contributed by atoms with van der Waals surface area (Å²) in [4.78, 5) is 35.0. The summed E-state index contributed by atoms with van der Waals surface area (Å²) in [6, 6.07) is 5.15. The second kappa shape index (κ2) is 7.70. The van der Waals surface area contributed by atoms with Crippen molar-refractivity contribution >= 4 is 23.3 Å². The Morgan fingerprint density at radius 2 is 2.14 bits per heavy atom. The van der Waals surface area contributed by atoms with Crippen molar-refractivity contribution in [1.29, 1.82) is 0 Å². The standard InChI is InChI=1S/C16H20N2O4/c1-22-8-2-7-17-15(20)6-5-14(19)11-3-4-13-12(9-11)10-16(21)18-13/h3-4,9H,2,5-8,10H2,1H3,(H,17,20)(H,18,21). The molecule has 0 bridgehead atoms. The molecule has 118 valence electrons. The Kier molecular flexibility index (Phi) is 5.66. The number of methoxy groups -OCH3 is 1. The summed E-state index contributed by atoms with van der Waals surface area (Å²) in [6.45, 7) is 1.15. The lowest BCUT2D eigenvalue weighted by atomic mass is 10.0. The average Bonchev–Trinajstić information content (AvgIpc) is 2.88. The van der Waals surface area contributed by atoms with Crippen LogP contribution in [0, 0.1) is 0 Å². The predicted molar refractivity (Wildman–Crippen MR) is 81.8 cm³/mol. The third-order valence-electron chi connectivity index (χ3n) is 3.48. The summed E-state index contributed by atoms with van der Waals surface area (Å²) in [6.07, 6.45) is 1.38. The highest BCUT2D eigenvalue weighted by molar-refractivity contribution is 6.02. The van der Waals surface area contributed by atoms with E-state index in [0.717, 1.165) is 17.7 Å². The van der Waals surface area contributed by atoms with Gasteiger partial charge in [0.2, 0.25) is 11.8 Å². The van der Waals surface area contributed by atoms with Gasteiger partial charge in [-0.2, -0.15) is 0 Å². The van der Waals surface area contributed by atoms with Crippen molar-refractivity contribution in [3.05, 3.63) is 29.3 Å². The van der Waals surface area contributed by atoms with E-state index in [1.807, 2.05) is 0 Å². The molecule has 6 heteroatoms. The van der Waals surface area contributed by atoms with Crippen LogP contribution in [-0.2, 0) is 20.7 Å². The van der Waals surface area contributed by atoms with Gasteiger partial charge in [0.1, 0.15) is 0 Å². The zero-order valence-corrected chi connectivity index (χ0v) is 12.6. The van der Waals surface area contributed by atoms with Crippen LogP contribution in [0.4, 0.5) is 5.69 Å². The Bertz CT molecular complexity index is 584. The Labute approximate surface area is 129 Å². The molecule has 22 heavy (non-hydrogen) atoms. The normalized spacial score (nSPS) is 12.7. The van der Waals surface area contributed by atoms with Crippen molar-refractivity contribution in [3.8, 4) is 0 Å². The molecule has 0 aliphatic carbocycles. The van der Waals surface area contributed by atoms with Gasteiger partial charge in [0.15, 0.2) is 5.78 Å². The number of benzene rings is 1. The van der Waals surface area contributed by atoms with E-state index in [1.165, 1.54) is 0 Å². The Balaban J connectivity index is 1.79. The molecule has 1 heterocycles. The van der Waals surface area contributed by atoms with E-state index >= 15 is 0 Å². The first-order valence-corrected chi connectivity index (χ1v) is 7.32. The van der Waals surface area contributed by atoms with Crippen LogP contribution in [0.5, 0.6) is 0 Å². The van der Waals surface area contributed by atoms with Crippen molar-refractivity contribution in [1.82, 2.24) is 5.32 Å². The van der Waals surface area contributed by atoms with Crippen LogP contribution in [-0.4, -0.2) is 37.9 Å². The molecule has 0 aromatic heterocycles. The fourth-order valence-corrected chi connectivity index (χ4v) is 2.31. The van der Waals surface area contributed by atoms with E-state index < -0.39 is 0 Å². The summed E-state index contributed by atoms with van der Waals surface area (Å²) in [5.41, 5.74) is 2.14. The van der Waals surface area contributed by atoms with Gasteiger partial charge in [-0.25, -0.2) is 0 Å². The molecule has 0 atom stereocenters. The monoisotopic (exact) mass is 304 g/mol. The fraction of sp³-hybridized carbons (Fsp3) is 0.438. The molecule has 6 nitrogen and oxygen atoms in total. The van der Waals surface area contributed by atoms with E-state index in [-0.39, 0.29) is 30.4 Å². The largest absolute Gasteiger partial charge is 0.385 e. The van der Waals surface area contributed by atoms with Crippen LogP contribution in [0.15, 0.2) is 18.2 Å². The van der Waals surface area contributed by atoms with Crippen molar-refractivity contribution in [2.45, 2.75) is 25.7 Å². The van der Waals surface area contributed by atoms with Gasteiger partial charge in [0, 0.05) is 44.4 Å². The van der Waals surface area contributed by atoms with Crippen LogP contribution in [0.3, 0.4) is 0 Å². The molecule has 2 N–H and O–H groups in total. The second-order valence-corrected chi connectivity index (χ2v) is 5.22. The van der Waals surface area contributed by atoms with E-state index in [1.54, 1.807) is 25.3 Å². The van der Waals surface area contributed by atoms with Gasteiger partial charge >= 0.3 is 0 Å². The van der Waals surface area contributed by atoms with Crippen LogP contribution in [0.1, 0.15) is 35.2 Å². The van der Waals surface area contributed by atoms with Gasteiger partial charge in [-0.3, -0.25) is 14.4 Å². The number of rotatable bonds is 8. The molecule has 1 aromatic carbocycles. The highest BCUT2D eigenvalue weighted by Gasteiger charge is 2.19. The first-order valence-electron chi connectivity index (χ1n) is 7.32. The molecular weight excluding hydrogens is 284 g/mol. The number of nitrogens with one attached hydrogen (secondary N) is 2. The average molecular weight is 304 g/mol. The molecule has 2 amide bonds. The minimum Gasteiger partial charge on any atom is -0.385 e. The fourth-order valence-electron chi connectivity index (χ4n) is 2.31. The van der Waals surface area contributed by atoms with Crippen molar-refractivity contribution in [2.24, 2.45) is 0 Å². The molecule has 2 rings (SSSR count). The lowest BCUT2D eigenvalue weighted by molar-refractivity contribution is -0.121. The van der Waals surface area contributed by atoms with Gasteiger partial charge in [0.25, 0.3) is 0 Å². The van der Waals surface area contributed by atoms with Gasteiger partial charge in [-0.15, -0.1) is 0 Å². The highest BCUT2D eigenvalue weighted by atomic mass is 16.5. The SMILES string of the molecule is COCCCNC(=O)CCC(=O)c1ccc2c(c1)CC(=O)N2. The maximum Gasteiger partial charge on any atom is 0.228 e. The Morgan fingerprint density at radius 1 is 1.32 bits per heavy atom. The predicted octanol–water partition coefficient (Wildman–Crippen LogP) is 1.30. The van der Waals surface area contributed by atoms with Crippen LogP contribution >= 0.6 is 0 Å². The lowest BCUT2D eigenvalue weighted by Gasteiger charge is -2.05. The van der Waals surface area contributed by atoms with Crippen LogP contribution < -0.4 is 10.6 Å². The Hall–Kier alpha value is -2.21. The molecule has 1 aliphatic rings. The van der Waals surface area contributed by atoms with Crippen molar-refractivity contribution < 1.29 is 19.1 Å². The van der Waals surface area contributed by atoms with Crippen LogP contribution in [0.2, 0.25) is 0 Å². The first kappa shape index (κ1) is 16.2. The number of ketones is 1.